The van der Waals surface area contributed by atoms with Crippen LogP contribution in [0.15, 0.2) is 47.5 Å². The zero-order valence-corrected chi connectivity index (χ0v) is 16.5. The summed E-state index contributed by atoms with van der Waals surface area (Å²) >= 11 is 0. The number of likely N-dealkylation sites (N-methyl/N-ethyl adjacent to an activating group) is 1. The van der Waals surface area contributed by atoms with E-state index < -0.39 is 0 Å². The van der Waals surface area contributed by atoms with E-state index in [-0.39, 0.29) is 5.43 Å². The van der Waals surface area contributed by atoms with Gasteiger partial charge in [0.2, 0.25) is 0 Å². The first-order valence-corrected chi connectivity index (χ1v) is 10.1. The topological polar surface area (TPSA) is 61.7 Å². The maximum atomic E-state index is 13.2. The minimum absolute atomic E-state index is 0.0613. The van der Waals surface area contributed by atoms with Crippen LogP contribution in [0.2, 0.25) is 0 Å². The highest BCUT2D eigenvalue weighted by atomic mass is 16.1. The van der Waals surface area contributed by atoms with Crippen LogP contribution in [0.3, 0.4) is 0 Å². The molecule has 28 heavy (non-hydrogen) atoms. The van der Waals surface area contributed by atoms with Crippen LogP contribution in [0.5, 0.6) is 0 Å². The molecule has 4 rings (SSSR count). The fraction of sp³-hybridized carbons (Fsp3) is 0.364. The Balaban J connectivity index is 1.55. The van der Waals surface area contributed by atoms with Gasteiger partial charge in [-0.1, -0.05) is 26.0 Å². The number of benzene rings is 2. The zero-order valence-electron chi connectivity index (χ0n) is 16.5. The number of aromatic nitrogens is 2. The Bertz CT molecular complexity index is 1130. The van der Waals surface area contributed by atoms with Gasteiger partial charge in [0.1, 0.15) is 6.33 Å². The average Bonchev–Trinajstić information content (AvgIpc) is 3.16. The quantitative estimate of drug-likeness (QED) is 0.347. The maximum Gasteiger partial charge on any atom is 0.199 e. The molecule has 2 heterocycles. The summed E-state index contributed by atoms with van der Waals surface area (Å²) in [6, 6.07) is 11.7. The van der Waals surface area contributed by atoms with Crippen molar-refractivity contribution >= 4 is 33.0 Å². The molecule has 0 fully saturated rings. The Hall–Kier alpha value is -2.70. The molecule has 0 atom stereocenters. The lowest BCUT2D eigenvalue weighted by atomic mass is 10.1. The SMILES string of the molecule is CCN(CC)CCNCCNc1ccc2ncn3c4ccccc4c(=O)c1c23. The molecule has 0 radical (unpaired) electrons. The van der Waals surface area contributed by atoms with Gasteiger partial charge in [-0.3, -0.25) is 9.20 Å². The van der Waals surface area contributed by atoms with Crippen molar-refractivity contribution in [2.75, 3.05) is 44.6 Å². The Morgan fingerprint density at radius 1 is 1.04 bits per heavy atom. The first kappa shape index (κ1) is 18.7. The van der Waals surface area contributed by atoms with Crippen molar-refractivity contribution < 1.29 is 0 Å². The van der Waals surface area contributed by atoms with Gasteiger partial charge in [-0.25, -0.2) is 4.98 Å². The zero-order chi connectivity index (χ0) is 19.5. The second-order valence-corrected chi connectivity index (χ2v) is 7.02. The number of rotatable bonds is 9. The lowest BCUT2D eigenvalue weighted by Crippen LogP contribution is -2.33. The van der Waals surface area contributed by atoms with Gasteiger partial charge in [-0.2, -0.15) is 0 Å². The molecule has 6 nitrogen and oxygen atoms in total. The van der Waals surface area contributed by atoms with Gasteiger partial charge >= 0.3 is 0 Å². The first-order valence-electron chi connectivity index (χ1n) is 10.1. The van der Waals surface area contributed by atoms with Gasteiger partial charge in [0, 0.05) is 37.3 Å². The van der Waals surface area contributed by atoms with Gasteiger partial charge in [0.15, 0.2) is 5.43 Å². The average molecular weight is 377 g/mol. The van der Waals surface area contributed by atoms with Crippen LogP contribution in [0.4, 0.5) is 5.69 Å². The number of nitrogens with one attached hydrogen (secondary N) is 2. The summed E-state index contributed by atoms with van der Waals surface area (Å²) in [5.41, 5.74) is 3.58. The van der Waals surface area contributed by atoms with Crippen LogP contribution in [0.25, 0.3) is 27.3 Å². The monoisotopic (exact) mass is 377 g/mol. The number of pyridine rings is 1. The third-order valence-electron chi connectivity index (χ3n) is 5.46. The molecule has 4 aromatic rings. The van der Waals surface area contributed by atoms with Gasteiger partial charge in [0.05, 0.1) is 21.9 Å². The van der Waals surface area contributed by atoms with Crippen LogP contribution in [-0.4, -0.2) is 53.6 Å². The van der Waals surface area contributed by atoms with E-state index in [9.17, 15) is 4.79 Å². The van der Waals surface area contributed by atoms with Crippen LogP contribution in [0.1, 0.15) is 13.8 Å². The number of para-hydroxylation sites is 1. The lowest BCUT2D eigenvalue weighted by Gasteiger charge is -2.18. The predicted octanol–water partition coefficient (Wildman–Crippen LogP) is 2.78. The van der Waals surface area contributed by atoms with E-state index in [0.717, 1.165) is 72.3 Å². The van der Waals surface area contributed by atoms with Crippen molar-refractivity contribution in [3.63, 3.8) is 0 Å². The van der Waals surface area contributed by atoms with E-state index in [2.05, 4.69) is 34.4 Å². The van der Waals surface area contributed by atoms with E-state index in [0.29, 0.717) is 0 Å². The minimum Gasteiger partial charge on any atom is -0.383 e. The van der Waals surface area contributed by atoms with E-state index in [4.69, 9.17) is 0 Å². The molecule has 2 aromatic carbocycles. The van der Waals surface area contributed by atoms with E-state index in [1.54, 1.807) is 6.33 Å². The molecule has 146 valence electrons. The third-order valence-corrected chi connectivity index (χ3v) is 5.46. The molecule has 0 spiro atoms. The lowest BCUT2D eigenvalue weighted by molar-refractivity contribution is 0.303. The van der Waals surface area contributed by atoms with Gasteiger partial charge in [-0.05, 0) is 37.4 Å². The first-order chi connectivity index (χ1) is 13.7. The number of hydrogen-bond donors (Lipinski definition) is 2. The summed E-state index contributed by atoms with van der Waals surface area (Å²) in [6.45, 7) is 10.2. The van der Waals surface area contributed by atoms with Crippen LogP contribution < -0.4 is 16.1 Å². The highest BCUT2D eigenvalue weighted by Crippen LogP contribution is 2.28. The second-order valence-electron chi connectivity index (χ2n) is 7.02. The number of nitrogens with zero attached hydrogens (tertiary/aromatic N) is 3. The fourth-order valence-corrected chi connectivity index (χ4v) is 3.86. The molecule has 2 N–H and O–H groups in total. The van der Waals surface area contributed by atoms with Crippen molar-refractivity contribution in [2.24, 2.45) is 0 Å². The summed E-state index contributed by atoms with van der Waals surface area (Å²) < 4.78 is 2.02. The molecule has 0 bridgehead atoms. The summed E-state index contributed by atoms with van der Waals surface area (Å²) in [4.78, 5) is 20.1. The molecular formula is C22H27N5O. The van der Waals surface area contributed by atoms with Gasteiger partial charge in [0.25, 0.3) is 0 Å². The standard InChI is InChI=1S/C22H27N5O/c1-3-26(4-2)14-13-23-11-12-24-17-9-10-18-21-20(17)22(28)16-7-5-6-8-19(16)27(21)15-25-18/h5-10,15,23-24H,3-4,11-14H2,1-2H3. The largest absolute Gasteiger partial charge is 0.383 e. The normalized spacial score (nSPS) is 12.0. The molecule has 0 aliphatic carbocycles. The molecule has 6 heteroatoms. The Kier molecular flexibility index (Phi) is 5.41. The molecule has 0 unspecified atom stereocenters. The van der Waals surface area contributed by atoms with Crippen molar-refractivity contribution in [1.82, 2.24) is 19.6 Å². The minimum atomic E-state index is 0.0613. The molecule has 2 aromatic heterocycles. The molecule has 0 amide bonds. The highest BCUT2D eigenvalue weighted by Gasteiger charge is 2.15. The number of fused-ring (bicyclic) bond motifs is 2. The van der Waals surface area contributed by atoms with E-state index >= 15 is 0 Å². The molecule has 0 saturated heterocycles. The smallest absolute Gasteiger partial charge is 0.199 e. The summed E-state index contributed by atoms with van der Waals surface area (Å²) in [6.07, 6.45) is 1.80. The van der Waals surface area contributed by atoms with E-state index in [1.807, 2.05) is 40.8 Å². The Labute approximate surface area is 164 Å². The number of hydrogen-bond acceptors (Lipinski definition) is 5. The van der Waals surface area contributed by atoms with Gasteiger partial charge in [-0.15, -0.1) is 0 Å². The van der Waals surface area contributed by atoms with Crippen molar-refractivity contribution in [3.8, 4) is 0 Å². The maximum absolute atomic E-state index is 13.2. The number of imidazole rings is 1. The highest BCUT2D eigenvalue weighted by molar-refractivity contribution is 6.06. The predicted molar refractivity (Wildman–Crippen MR) is 117 cm³/mol. The van der Waals surface area contributed by atoms with Crippen LogP contribution >= 0.6 is 0 Å². The fourth-order valence-electron chi connectivity index (χ4n) is 3.86. The summed E-state index contributed by atoms with van der Waals surface area (Å²) in [5.74, 6) is 0. The van der Waals surface area contributed by atoms with Gasteiger partial charge < -0.3 is 15.5 Å². The Morgan fingerprint density at radius 3 is 2.68 bits per heavy atom. The Morgan fingerprint density at radius 2 is 1.86 bits per heavy atom. The van der Waals surface area contributed by atoms with Crippen molar-refractivity contribution in [2.45, 2.75) is 13.8 Å². The molecular weight excluding hydrogens is 350 g/mol. The van der Waals surface area contributed by atoms with E-state index in [1.165, 1.54) is 0 Å². The van der Waals surface area contributed by atoms with Crippen LogP contribution in [0, 0.1) is 0 Å². The molecule has 0 aliphatic rings. The number of anilines is 1. The van der Waals surface area contributed by atoms with Crippen molar-refractivity contribution in [3.05, 3.63) is 52.9 Å². The molecule has 0 aliphatic heterocycles. The molecule has 0 saturated carbocycles. The van der Waals surface area contributed by atoms with Crippen LogP contribution in [-0.2, 0) is 0 Å². The second kappa shape index (κ2) is 8.12. The third kappa shape index (κ3) is 3.30. The summed E-state index contributed by atoms with van der Waals surface area (Å²) in [7, 11) is 0. The summed E-state index contributed by atoms with van der Waals surface area (Å²) in [5, 5.41) is 8.36. The van der Waals surface area contributed by atoms with Crippen molar-refractivity contribution in [1.29, 1.82) is 0 Å².